The van der Waals surface area contributed by atoms with Crippen LogP contribution in [0.1, 0.15) is 18.9 Å². The van der Waals surface area contributed by atoms with Gasteiger partial charge in [-0.2, -0.15) is 13.2 Å². The summed E-state index contributed by atoms with van der Waals surface area (Å²) in [7, 11) is 0. The molecule has 0 bridgehead atoms. The van der Waals surface area contributed by atoms with Crippen molar-refractivity contribution >= 4 is 0 Å². The second-order valence-corrected chi connectivity index (χ2v) is 4.66. The number of nitrogens with zero attached hydrogens (tertiary/aromatic N) is 1. The third kappa shape index (κ3) is 4.08. The molecule has 1 aliphatic rings. The molecular formula is C13H17F3N2O2. The summed E-state index contributed by atoms with van der Waals surface area (Å²) in [5.41, 5.74) is -0.778. The van der Waals surface area contributed by atoms with Crippen LogP contribution in [-0.4, -0.2) is 36.9 Å². The maximum absolute atomic E-state index is 12.3. The Bertz CT molecular complexity index is 423. The fraction of sp³-hybridized carbons (Fsp3) is 0.615. The van der Waals surface area contributed by atoms with E-state index in [0.717, 1.165) is 25.3 Å². The van der Waals surface area contributed by atoms with E-state index in [1.165, 1.54) is 6.07 Å². The summed E-state index contributed by atoms with van der Waals surface area (Å²) >= 11 is 0. The molecule has 2 rings (SSSR count). The monoisotopic (exact) mass is 290 g/mol. The predicted octanol–water partition coefficient (Wildman–Crippen LogP) is 2.25. The topological polar surface area (TPSA) is 43.4 Å². The largest absolute Gasteiger partial charge is 0.476 e. The first-order chi connectivity index (χ1) is 9.47. The lowest BCUT2D eigenvalue weighted by Gasteiger charge is -2.16. The van der Waals surface area contributed by atoms with Crippen LogP contribution in [0, 0.1) is 0 Å². The summed E-state index contributed by atoms with van der Waals surface area (Å²) in [6, 6.07) is 2.49. The Morgan fingerprint density at radius 3 is 2.80 bits per heavy atom. The number of ether oxygens (including phenoxy) is 2. The highest BCUT2D eigenvalue weighted by molar-refractivity contribution is 5.20. The van der Waals surface area contributed by atoms with Crippen LogP contribution >= 0.6 is 0 Å². The maximum Gasteiger partial charge on any atom is 0.417 e. The SMILES string of the molecule is C[C@@H]1OCC[C@H]1NCCOc1ccc(C(F)(F)F)cn1. The summed E-state index contributed by atoms with van der Waals surface area (Å²) in [4.78, 5) is 3.63. The van der Waals surface area contributed by atoms with Gasteiger partial charge >= 0.3 is 6.18 Å². The van der Waals surface area contributed by atoms with Crippen LogP contribution < -0.4 is 10.1 Å². The van der Waals surface area contributed by atoms with Gasteiger partial charge in [-0.1, -0.05) is 0 Å². The van der Waals surface area contributed by atoms with E-state index in [2.05, 4.69) is 10.3 Å². The molecule has 1 aromatic rings. The van der Waals surface area contributed by atoms with Crippen LogP contribution in [0.25, 0.3) is 0 Å². The molecule has 0 saturated carbocycles. The van der Waals surface area contributed by atoms with Crippen LogP contribution in [0.2, 0.25) is 0 Å². The molecule has 2 heterocycles. The zero-order valence-electron chi connectivity index (χ0n) is 11.1. The standard InChI is InChI=1S/C13H17F3N2O2/c1-9-11(4-6-19-9)17-5-7-20-12-3-2-10(8-18-12)13(14,15)16/h2-3,8-9,11,17H,4-7H2,1H3/t9-,11+/m0/s1. The minimum atomic E-state index is -4.37. The number of aromatic nitrogens is 1. The molecule has 1 saturated heterocycles. The Morgan fingerprint density at radius 1 is 1.45 bits per heavy atom. The van der Waals surface area contributed by atoms with Crippen molar-refractivity contribution in [3.05, 3.63) is 23.9 Å². The number of nitrogens with one attached hydrogen (secondary N) is 1. The smallest absolute Gasteiger partial charge is 0.417 e. The number of rotatable bonds is 5. The summed E-state index contributed by atoms with van der Waals surface area (Å²) in [5, 5.41) is 3.28. The summed E-state index contributed by atoms with van der Waals surface area (Å²) in [5.74, 6) is 0.190. The minimum absolute atomic E-state index is 0.180. The minimum Gasteiger partial charge on any atom is -0.476 e. The number of hydrogen-bond donors (Lipinski definition) is 1. The Kier molecular flexibility index (Phi) is 4.82. The first kappa shape index (κ1) is 15.1. The molecule has 0 spiro atoms. The van der Waals surface area contributed by atoms with Gasteiger partial charge in [0, 0.05) is 31.5 Å². The molecule has 0 unspecified atom stereocenters. The van der Waals surface area contributed by atoms with Gasteiger partial charge in [0.15, 0.2) is 0 Å². The van der Waals surface area contributed by atoms with Crippen molar-refractivity contribution in [2.45, 2.75) is 31.7 Å². The maximum atomic E-state index is 12.3. The molecule has 7 heteroatoms. The molecule has 1 N–H and O–H groups in total. The van der Waals surface area contributed by atoms with Crippen molar-refractivity contribution < 1.29 is 22.6 Å². The molecule has 1 aromatic heterocycles. The van der Waals surface area contributed by atoms with Gasteiger partial charge < -0.3 is 14.8 Å². The Labute approximate surface area is 115 Å². The van der Waals surface area contributed by atoms with Crippen LogP contribution in [0.5, 0.6) is 5.88 Å². The fourth-order valence-electron chi connectivity index (χ4n) is 2.03. The van der Waals surface area contributed by atoms with E-state index in [9.17, 15) is 13.2 Å². The van der Waals surface area contributed by atoms with E-state index in [-0.39, 0.29) is 12.0 Å². The molecule has 0 aliphatic carbocycles. The Morgan fingerprint density at radius 2 is 2.25 bits per heavy atom. The Hall–Kier alpha value is -1.34. The molecule has 0 amide bonds. The van der Waals surface area contributed by atoms with Crippen LogP contribution in [0.15, 0.2) is 18.3 Å². The first-order valence-electron chi connectivity index (χ1n) is 6.48. The lowest BCUT2D eigenvalue weighted by molar-refractivity contribution is -0.137. The fourth-order valence-corrected chi connectivity index (χ4v) is 2.03. The zero-order chi connectivity index (χ0) is 14.6. The van der Waals surface area contributed by atoms with Gasteiger partial charge in [-0.15, -0.1) is 0 Å². The van der Waals surface area contributed by atoms with Crippen molar-refractivity contribution in [2.24, 2.45) is 0 Å². The highest BCUT2D eigenvalue weighted by atomic mass is 19.4. The molecular weight excluding hydrogens is 273 g/mol. The summed E-state index contributed by atoms with van der Waals surface area (Å²) < 4.78 is 47.7. The number of pyridine rings is 1. The van der Waals surface area contributed by atoms with E-state index in [1.807, 2.05) is 6.92 Å². The zero-order valence-corrected chi connectivity index (χ0v) is 11.1. The van der Waals surface area contributed by atoms with Crippen molar-refractivity contribution in [1.29, 1.82) is 0 Å². The van der Waals surface area contributed by atoms with Crippen LogP contribution in [0.4, 0.5) is 13.2 Å². The van der Waals surface area contributed by atoms with Crippen molar-refractivity contribution in [2.75, 3.05) is 19.8 Å². The lowest BCUT2D eigenvalue weighted by Crippen LogP contribution is -2.37. The number of alkyl halides is 3. The highest BCUT2D eigenvalue weighted by Crippen LogP contribution is 2.29. The lowest BCUT2D eigenvalue weighted by atomic mass is 10.1. The van der Waals surface area contributed by atoms with Crippen LogP contribution in [0.3, 0.4) is 0 Å². The summed E-state index contributed by atoms with van der Waals surface area (Å²) in [6.07, 6.45) is -2.46. The highest BCUT2D eigenvalue weighted by Gasteiger charge is 2.30. The quantitative estimate of drug-likeness (QED) is 0.845. The molecule has 0 radical (unpaired) electrons. The van der Waals surface area contributed by atoms with Gasteiger partial charge in [-0.25, -0.2) is 4.98 Å². The summed E-state index contributed by atoms with van der Waals surface area (Å²) in [6.45, 7) is 3.70. The number of hydrogen-bond acceptors (Lipinski definition) is 4. The van der Waals surface area contributed by atoms with Gasteiger partial charge in [0.05, 0.1) is 11.7 Å². The van der Waals surface area contributed by atoms with Crippen molar-refractivity contribution in [1.82, 2.24) is 10.3 Å². The van der Waals surface area contributed by atoms with Gasteiger partial charge in [0.25, 0.3) is 0 Å². The van der Waals surface area contributed by atoms with Crippen molar-refractivity contribution in [3.8, 4) is 5.88 Å². The first-order valence-corrected chi connectivity index (χ1v) is 6.48. The van der Waals surface area contributed by atoms with E-state index < -0.39 is 11.7 Å². The molecule has 2 atom stereocenters. The van der Waals surface area contributed by atoms with E-state index in [0.29, 0.717) is 19.2 Å². The average Bonchev–Trinajstić information content (AvgIpc) is 2.80. The van der Waals surface area contributed by atoms with Gasteiger partial charge in [-0.3, -0.25) is 0 Å². The molecule has 112 valence electrons. The van der Waals surface area contributed by atoms with E-state index >= 15 is 0 Å². The number of halogens is 3. The predicted molar refractivity (Wildman–Crippen MR) is 66.6 cm³/mol. The average molecular weight is 290 g/mol. The Balaban J connectivity index is 1.71. The third-order valence-electron chi connectivity index (χ3n) is 3.20. The van der Waals surface area contributed by atoms with Gasteiger partial charge in [-0.05, 0) is 19.4 Å². The molecule has 0 aromatic carbocycles. The van der Waals surface area contributed by atoms with Crippen molar-refractivity contribution in [3.63, 3.8) is 0 Å². The molecule has 4 nitrogen and oxygen atoms in total. The van der Waals surface area contributed by atoms with Crippen LogP contribution in [-0.2, 0) is 10.9 Å². The molecule has 1 fully saturated rings. The molecule has 20 heavy (non-hydrogen) atoms. The normalized spacial score (nSPS) is 23.0. The van der Waals surface area contributed by atoms with E-state index in [4.69, 9.17) is 9.47 Å². The van der Waals surface area contributed by atoms with Gasteiger partial charge in [0.2, 0.25) is 5.88 Å². The second kappa shape index (κ2) is 6.41. The molecule has 1 aliphatic heterocycles. The third-order valence-corrected chi connectivity index (χ3v) is 3.20. The second-order valence-electron chi connectivity index (χ2n) is 4.66. The van der Waals surface area contributed by atoms with Gasteiger partial charge in [0.1, 0.15) is 6.61 Å². The van der Waals surface area contributed by atoms with E-state index in [1.54, 1.807) is 0 Å².